The molecule has 2 rings (SSSR count). The van der Waals surface area contributed by atoms with Crippen LogP contribution in [0.15, 0.2) is 29.1 Å². The molecule has 0 fully saturated rings. The second-order valence-corrected chi connectivity index (χ2v) is 8.01. The summed E-state index contributed by atoms with van der Waals surface area (Å²) in [6.07, 6.45) is 0.948. The van der Waals surface area contributed by atoms with Gasteiger partial charge in [-0.15, -0.1) is 0 Å². The van der Waals surface area contributed by atoms with Crippen molar-refractivity contribution in [1.29, 1.82) is 0 Å². The first-order valence-electron chi connectivity index (χ1n) is 7.95. The zero-order chi connectivity index (χ0) is 17.0. The summed E-state index contributed by atoms with van der Waals surface area (Å²) < 4.78 is 25.8. The second kappa shape index (κ2) is 7.27. The molecule has 0 amide bonds. The highest BCUT2D eigenvalue weighted by atomic mass is 32.2. The number of hydrogen-bond acceptors (Lipinski definition) is 3. The molecule has 0 spiro atoms. The van der Waals surface area contributed by atoms with Crippen molar-refractivity contribution in [3.05, 3.63) is 45.7 Å². The highest BCUT2D eigenvalue weighted by molar-refractivity contribution is 7.89. The van der Waals surface area contributed by atoms with Crippen LogP contribution in [0.5, 0.6) is 0 Å². The van der Waals surface area contributed by atoms with Gasteiger partial charge in [0.05, 0.1) is 5.75 Å². The van der Waals surface area contributed by atoms with Gasteiger partial charge in [0, 0.05) is 17.6 Å². The molecule has 0 aliphatic rings. The van der Waals surface area contributed by atoms with Gasteiger partial charge in [0.15, 0.2) is 0 Å². The van der Waals surface area contributed by atoms with Crippen LogP contribution in [-0.4, -0.2) is 25.7 Å². The third-order valence-electron chi connectivity index (χ3n) is 3.80. The monoisotopic (exact) mass is 336 g/mol. The quantitative estimate of drug-likeness (QED) is 0.815. The van der Waals surface area contributed by atoms with Gasteiger partial charge in [-0.3, -0.25) is 4.79 Å². The summed E-state index contributed by atoms with van der Waals surface area (Å²) in [6.45, 7) is 6.30. The number of aromatic amines is 1. The Morgan fingerprint density at radius 3 is 2.61 bits per heavy atom. The summed E-state index contributed by atoms with van der Waals surface area (Å²) in [5.74, 6) is 0.523. The fourth-order valence-corrected chi connectivity index (χ4v) is 3.59. The summed E-state index contributed by atoms with van der Waals surface area (Å²) in [5, 5.41) is 0.974. The number of benzene rings is 1. The van der Waals surface area contributed by atoms with E-state index >= 15 is 0 Å². The van der Waals surface area contributed by atoms with Gasteiger partial charge in [-0.05, 0) is 47.9 Å². The zero-order valence-electron chi connectivity index (χ0n) is 13.8. The number of aromatic nitrogens is 1. The maximum Gasteiger partial charge on any atom is 0.251 e. The van der Waals surface area contributed by atoms with E-state index in [-0.39, 0.29) is 17.9 Å². The van der Waals surface area contributed by atoms with Crippen LogP contribution in [0.3, 0.4) is 0 Å². The van der Waals surface area contributed by atoms with Crippen molar-refractivity contribution in [3.63, 3.8) is 0 Å². The standard InChI is InChI=1S/C17H24N2O3S/c1-4-9-23(21,22)18-8-7-14-11-15-10-13(12(2)3)5-6-16(15)19-17(14)20/h5-6,10-12,18H,4,7-9H2,1-3H3,(H,19,20). The molecule has 23 heavy (non-hydrogen) atoms. The van der Waals surface area contributed by atoms with Crippen molar-refractivity contribution >= 4 is 20.9 Å². The van der Waals surface area contributed by atoms with E-state index in [4.69, 9.17) is 0 Å². The topological polar surface area (TPSA) is 79.0 Å². The Morgan fingerprint density at radius 1 is 1.22 bits per heavy atom. The minimum absolute atomic E-state index is 0.110. The predicted molar refractivity (Wildman–Crippen MR) is 94.4 cm³/mol. The number of hydrogen-bond donors (Lipinski definition) is 2. The van der Waals surface area contributed by atoms with Crippen LogP contribution in [0.1, 0.15) is 44.2 Å². The van der Waals surface area contributed by atoms with Crippen LogP contribution in [0, 0.1) is 0 Å². The van der Waals surface area contributed by atoms with Crippen molar-refractivity contribution in [2.45, 2.75) is 39.5 Å². The molecule has 1 aromatic carbocycles. The molecule has 2 N–H and O–H groups in total. The third kappa shape index (κ3) is 4.65. The lowest BCUT2D eigenvalue weighted by Crippen LogP contribution is -2.29. The van der Waals surface area contributed by atoms with Crippen LogP contribution >= 0.6 is 0 Å². The highest BCUT2D eigenvalue weighted by Crippen LogP contribution is 2.20. The van der Waals surface area contributed by atoms with Crippen LogP contribution in [-0.2, 0) is 16.4 Å². The normalized spacial score (nSPS) is 12.2. The van der Waals surface area contributed by atoms with Crippen LogP contribution in [0.25, 0.3) is 10.9 Å². The van der Waals surface area contributed by atoms with E-state index in [0.29, 0.717) is 24.3 Å². The Balaban J connectivity index is 2.20. The second-order valence-electron chi connectivity index (χ2n) is 6.09. The van der Waals surface area contributed by atoms with Gasteiger partial charge in [0.1, 0.15) is 0 Å². The summed E-state index contributed by atoms with van der Waals surface area (Å²) >= 11 is 0. The molecule has 0 bridgehead atoms. The lowest BCUT2D eigenvalue weighted by Gasteiger charge is -2.09. The van der Waals surface area contributed by atoms with Gasteiger partial charge in [-0.1, -0.05) is 26.8 Å². The fourth-order valence-electron chi connectivity index (χ4n) is 2.50. The largest absolute Gasteiger partial charge is 0.322 e. The van der Waals surface area contributed by atoms with E-state index < -0.39 is 10.0 Å². The highest BCUT2D eigenvalue weighted by Gasteiger charge is 2.09. The average molecular weight is 336 g/mol. The lowest BCUT2D eigenvalue weighted by molar-refractivity contribution is 0.580. The number of sulfonamides is 1. The van der Waals surface area contributed by atoms with Gasteiger partial charge in [-0.25, -0.2) is 13.1 Å². The van der Waals surface area contributed by atoms with E-state index in [1.807, 2.05) is 25.1 Å². The van der Waals surface area contributed by atoms with Crippen LogP contribution in [0.4, 0.5) is 0 Å². The predicted octanol–water partition coefficient (Wildman–Crippen LogP) is 2.52. The Labute approximate surface area is 137 Å². The van der Waals surface area contributed by atoms with Crippen molar-refractivity contribution < 1.29 is 8.42 Å². The minimum Gasteiger partial charge on any atom is -0.322 e. The fraction of sp³-hybridized carbons (Fsp3) is 0.471. The third-order valence-corrected chi connectivity index (χ3v) is 5.39. The van der Waals surface area contributed by atoms with E-state index in [1.165, 1.54) is 5.56 Å². The molecule has 0 unspecified atom stereocenters. The number of pyridine rings is 1. The SMILES string of the molecule is CCCS(=O)(=O)NCCc1cc2cc(C(C)C)ccc2[nH]c1=O. The molecular weight excluding hydrogens is 312 g/mol. The molecule has 0 saturated carbocycles. The summed E-state index contributed by atoms with van der Waals surface area (Å²) in [4.78, 5) is 15.0. The van der Waals surface area contributed by atoms with Crippen LogP contribution in [0.2, 0.25) is 0 Å². The van der Waals surface area contributed by atoms with E-state index in [9.17, 15) is 13.2 Å². The molecule has 1 aromatic heterocycles. The summed E-state index contributed by atoms with van der Waals surface area (Å²) in [7, 11) is -3.24. The molecule has 2 aromatic rings. The molecule has 126 valence electrons. The molecular formula is C17H24N2O3S. The Hall–Kier alpha value is -1.66. The first-order chi connectivity index (χ1) is 10.8. The van der Waals surface area contributed by atoms with Crippen molar-refractivity contribution in [3.8, 4) is 0 Å². The summed E-state index contributed by atoms with van der Waals surface area (Å²) in [5.41, 5.74) is 2.44. The minimum atomic E-state index is -3.24. The average Bonchev–Trinajstić information content (AvgIpc) is 2.47. The van der Waals surface area contributed by atoms with Crippen LogP contribution < -0.4 is 10.3 Å². The number of H-pyrrole nitrogens is 1. The number of fused-ring (bicyclic) bond motifs is 1. The molecule has 5 nitrogen and oxygen atoms in total. The van der Waals surface area contributed by atoms with Gasteiger partial charge in [-0.2, -0.15) is 0 Å². The molecule has 0 radical (unpaired) electrons. The van der Waals surface area contributed by atoms with Crippen molar-refractivity contribution in [2.75, 3.05) is 12.3 Å². The van der Waals surface area contributed by atoms with Crippen molar-refractivity contribution in [1.82, 2.24) is 9.71 Å². The molecule has 6 heteroatoms. The number of rotatable bonds is 7. The number of nitrogens with one attached hydrogen (secondary N) is 2. The van der Waals surface area contributed by atoms with E-state index in [0.717, 1.165) is 10.9 Å². The lowest BCUT2D eigenvalue weighted by atomic mass is 10.0. The molecule has 0 atom stereocenters. The summed E-state index contributed by atoms with van der Waals surface area (Å²) in [6, 6.07) is 7.86. The van der Waals surface area contributed by atoms with Gasteiger partial charge in [0.2, 0.25) is 10.0 Å². The van der Waals surface area contributed by atoms with Crippen molar-refractivity contribution in [2.24, 2.45) is 0 Å². The molecule has 0 aliphatic heterocycles. The molecule has 1 heterocycles. The van der Waals surface area contributed by atoms with E-state index in [1.54, 1.807) is 0 Å². The maximum absolute atomic E-state index is 12.1. The zero-order valence-corrected chi connectivity index (χ0v) is 14.7. The van der Waals surface area contributed by atoms with Gasteiger partial charge < -0.3 is 4.98 Å². The smallest absolute Gasteiger partial charge is 0.251 e. The first-order valence-corrected chi connectivity index (χ1v) is 9.61. The van der Waals surface area contributed by atoms with Gasteiger partial charge >= 0.3 is 0 Å². The first kappa shape index (κ1) is 17.7. The Morgan fingerprint density at radius 2 is 1.96 bits per heavy atom. The molecule has 0 aliphatic carbocycles. The molecule has 0 saturated heterocycles. The van der Waals surface area contributed by atoms with Gasteiger partial charge in [0.25, 0.3) is 5.56 Å². The Bertz CT molecular complexity index is 839. The maximum atomic E-state index is 12.1. The van der Waals surface area contributed by atoms with E-state index in [2.05, 4.69) is 29.6 Å². The Kier molecular flexibility index (Phi) is 5.59.